The molecule has 0 aliphatic heterocycles. The maximum atomic E-state index is 9.66. The van der Waals surface area contributed by atoms with Gasteiger partial charge >= 0.3 is 0 Å². The molecule has 27 heavy (non-hydrogen) atoms. The van der Waals surface area contributed by atoms with Crippen LogP contribution in [-0.2, 0) is 32.7 Å². The third-order valence-electron chi connectivity index (χ3n) is 4.77. The molecule has 4 heteroatoms. The Labute approximate surface area is 161 Å². The van der Waals surface area contributed by atoms with Crippen molar-refractivity contribution in [2.45, 2.75) is 52.4 Å². The molecule has 4 nitrogen and oxygen atoms in total. The van der Waals surface area contributed by atoms with Crippen molar-refractivity contribution in [2.75, 3.05) is 0 Å². The van der Waals surface area contributed by atoms with Crippen molar-refractivity contribution in [3.8, 4) is 0 Å². The number of aromatic nitrogens is 2. The fourth-order valence-corrected chi connectivity index (χ4v) is 3.31. The van der Waals surface area contributed by atoms with Gasteiger partial charge in [-0.05, 0) is 23.1 Å². The van der Waals surface area contributed by atoms with Gasteiger partial charge in [-0.25, -0.2) is 4.98 Å². The third-order valence-corrected chi connectivity index (χ3v) is 4.77. The summed E-state index contributed by atoms with van der Waals surface area (Å²) in [6.45, 7) is 4.71. The number of H-pyrrole nitrogens is 1. The lowest BCUT2D eigenvalue weighted by atomic mass is 10.1. The van der Waals surface area contributed by atoms with Gasteiger partial charge in [0.25, 0.3) is 0 Å². The van der Waals surface area contributed by atoms with E-state index in [4.69, 9.17) is 0 Å². The van der Waals surface area contributed by atoms with Crippen LogP contribution in [0.5, 0.6) is 0 Å². The Morgan fingerprint density at radius 1 is 0.926 bits per heavy atom. The van der Waals surface area contributed by atoms with Crippen LogP contribution in [0, 0.1) is 0 Å². The fourth-order valence-electron chi connectivity index (χ4n) is 3.31. The summed E-state index contributed by atoms with van der Waals surface area (Å²) in [5, 5.41) is 9.66. The summed E-state index contributed by atoms with van der Waals surface area (Å²) in [4.78, 5) is 10.4. The van der Waals surface area contributed by atoms with Crippen molar-refractivity contribution in [3.05, 3.63) is 89.0 Å². The zero-order valence-electron chi connectivity index (χ0n) is 16.1. The van der Waals surface area contributed by atoms with Crippen LogP contribution in [0.2, 0.25) is 0 Å². The Balaban J connectivity index is 1.76. The zero-order chi connectivity index (χ0) is 18.9. The first-order valence-corrected chi connectivity index (χ1v) is 9.75. The number of hydrogen-bond acceptors (Lipinski definition) is 3. The lowest BCUT2D eigenvalue weighted by molar-refractivity contribution is 0.238. The second-order valence-corrected chi connectivity index (χ2v) is 7.02. The standard InChI is InChI=1S/C23H29N3O/c1-2-3-13-23-24-14-22(25-23)17-26(15-19-9-5-4-6-10-19)16-20-11-7-8-12-21(20)18-27/h4-12,14,27H,2-3,13,15-18H2,1H3,(H,24,25). The van der Waals surface area contributed by atoms with Gasteiger partial charge in [-0.1, -0.05) is 67.9 Å². The third kappa shape index (κ3) is 5.78. The average molecular weight is 364 g/mol. The summed E-state index contributed by atoms with van der Waals surface area (Å²) in [5.41, 5.74) is 4.58. The van der Waals surface area contributed by atoms with Gasteiger partial charge in [-0.3, -0.25) is 4.90 Å². The summed E-state index contributed by atoms with van der Waals surface area (Å²) in [6, 6.07) is 18.6. The van der Waals surface area contributed by atoms with Crippen LogP contribution in [0.3, 0.4) is 0 Å². The van der Waals surface area contributed by atoms with Crippen LogP contribution in [0.25, 0.3) is 0 Å². The van der Waals surface area contributed by atoms with Crippen molar-refractivity contribution < 1.29 is 5.11 Å². The molecule has 0 atom stereocenters. The SMILES string of the molecule is CCCCc1ncc(CN(Cc2ccccc2)Cc2ccccc2CO)[nH]1. The predicted octanol–water partition coefficient (Wildman–Crippen LogP) is 4.45. The highest BCUT2D eigenvalue weighted by atomic mass is 16.3. The number of aromatic amines is 1. The minimum atomic E-state index is 0.0700. The Morgan fingerprint density at radius 3 is 2.41 bits per heavy atom. The number of nitrogens with zero attached hydrogens (tertiary/aromatic N) is 2. The van der Waals surface area contributed by atoms with Gasteiger partial charge < -0.3 is 10.1 Å². The highest BCUT2D eigenvalue weighted by Crippen LogP contribution is 2.17. The van der Waals surface area contributed by atoms with Gasteiger partial charge in [0.05, 0.1) is 6.61 Å². The molecule has 1 aromatic heterocycles. The van der Waals surface area contributed by atoms with Crippen LogP contribution in [0.4, 0.5) is 0 Å². The van der Waals surface area contributed by atoms with Gasteiger partial charge in [0, 0.05) is 37.9 Å². The summed E-state index contributed by atoms with van der Waals surface area (Å²) >= 11 is 0. The number of aliphatic hydroxyl groups is 1. The molecule has 3 rings (SSSR count). The number of hydrogen-bond donors (Lipinski definition) is 2. The first kappa shape index (κ1) is 19.3. The maximum Gasteiger partial charge on any atom is 0.106 e. The normalized spacial score (nSPS) is 11.2. The lowest BCUT2D eigenvalue weighted by Gasteiger charge is -2.23. The average Bonchev–Trinajstić information content (AvgIpc) is 3.15. The molecule has 0 radical (unpaired) electrons. The van der Waals surface area contributed by atoms with Crippen molar-refractivity contribution in [1.82, 2.24) is 14.9 Å². The van der Waals surface area contributed by atoms with Crippen LogP contribution >= 0.6 is 0 Å². The van der Waals surface area contributed by atoms with Crippen molar-refractivity contribution in [3.63, 3.8) is 0 Å². The minimum Gasteiger partial charge on any atom is -0.392 e. The molecule has 0 saturated heterocycles. The molecule has 0 aliphatic rings. The Bertz CT molecular complexity index is 813. The zero-order valence-corrected chi connectivity index (χ0v) is 16.1. The molecule has 0 amide bonds. The topological polar surface area (TPSA) is 52.1 Å². The molecule has 3 aromatic rings. The van der Waals surface area contributed by atoms with Crippen molar-refractivity contribution >= 4 is 0 Å². The minimum absolute atomic E-state index is 0.0700. The van der Waals surface area contributed by atoms with Crippen LogP contribution in [0.15, 0.2) is 60.8 Å². The molecular formula is C23H29N3O. The highest BCUT2D eigenvalue weighted by molar-refractivity contribution is 5.26. The fraction of sp³-hybridized carbons (Fsp3) is 0.348. The van der Waals surface area contributed by atoms with E-state index in [1.54, 1.807) is 0 Å². The van der Waals surface area contributed by atoms with E-state index in [1.807, 2.05) is 30.5 Å². The monoisotopic (exact) mass is 363 g/mol. The molecule has 0 saturated carbocycles. The summed E-state index contributed by atoms with van der Waals surface area (Å²) in [7, 11) is 0. The van der Waals surface area contributed by atoms with Gasteiger partial charge in [0.1, 0.15) is 5.82 Å². The van der Waals surface area contributed by atoms with Gasteiger partial charge in [0.15, 0.2) is 0 Å². The largest absolute Gasteiger partial charge is 0.392 e. The summed E-state index contributed by atoms with van der Waals surface area (Å²) in [5.74, 6) is 1.07. The number of nitrogens with one attached hydrogen (secondary N) is 1. The summed E-state index contributed by atoms with van der Waals surface area (Å²) < 4.78 is 0. The first-order chi connectivity index (χ1) is 13.3. The predicted molar refractivity (Wildman–Crippen MR) is 109 cm³/mol. The number of imidazole rings is 1. The maximum absolute atomic E-state index is 9.66. The molecule has 0 spiro atoms. The molecular weight excluding hydrogens is 334 g/mol. The second-order valence-electron chi connectivity index (χ2n) is 7.02. The number of unbranched alkanes of at least 4 members (excludes halogenated alkanes) is 1. The van der Waals surface area contributed by atoms with Crippen LogP contribution < -0.4 is 0 Å². The molecule has 2 aromatic carbocycles. The summed E-state index contributed by atoms with van der Waals surface area (Å²) in [6.07, 6.45) is 5.29. The van der Waals surface area contributed by atoms with Crippen molar-refractivity contribution in [1.29, 1.82) is 0 Å². The van der Waals surface area contributed by atoms with E-state index in [0.29, 0.717) is 0 Å². The molecule has 2 N–H and O–H groups in total. The lowest BCUT2D eigenvalue weighted by Crippen LogP contribution is -2.23. The number of aliphatic hydroxyl groups excluding tert-OH is 1. The molecule has 0 fully saturated rings. The van der Waals surface area contributed by atoms with Crippen LogP contribution in [0.1, 0.15) is 48.0 Å². The highest BCUT2D eigenvalue weighted by Gasteiger charge is 2.12. The number of benzene rings is 2. The second kappa shape index (κ2) is 10.0. The molecule has 142 valence electrons. The van der Waals surface area contributed by atoms with E-state index in [0.717, 1.165) is 49.6 Å². The molecule has 0 unspecified atom stereocenters. The van der Waals surface area contributed by atoms with Gasteiger partial charge in [-0.2, -0.15) is 0 Å². The van der Waals surface area contributed by atoms with E-state index in [1.165, 1.54) is 17.5 Å². The van der Waals surface area contributed by atoms with Crippen molar-refractivity contribution in [2.24, 2.45) is 0 Å². The Kier molecular flexibility index (Phi) is 7.19. The Morgan fingerprint density at radius 2 is 1.67 bits per heavy atom. The molecule has 0 bridgehead atoms. The van der Waals surface area contributed by atoms with Gasteiger partial charge in [0.2, 0.25) is 0 Å². The van der Waals surface area contributed by atoms with E-state index in [9.17, 15) is 5.11 Å². The van der Waals surface area contributed by atoms with E-state index in [2.05, 4.69) is 52.1 Å². The van der Waals surface area contributed by atoms with E-state index < -0.39 is 0 Å². The van der Waals surface area contributed by atoms with E-state index in [-0.39, 0.29) is 6.61 Å². The van der Waals surface area contributed by atoms with Crippen LogP contribution in [-0.4, -0.2) is 20.0 Å². The number of aryl methyl sites for hydroxylation is 1. The molecule has 0 aliphatic carbocycles. The molecule has 1 heterocycles. The Hall–Kier alpha value is -2.43. The number of rotatable bonds is 10. The quantitative estimate of drug-likeness (QED) is 0.560. The first-order valence-electron chi connectivity index (χ1n) is 9.75. The van der Waals surface area contributed by atoms with E-state index >= 15 is 0 Å². The van der Waals surface area contributed by atoms with Gasteiger partial charge in [-0.15, -0.1) is 0 Å². The smallest absolute Gasteiger partial charge is 0.106 e.